The summed E-state index contributed by atoms with van der Waals surface area (Å²) in [5.41, 5.74) is 2.51. The number of aromatic amines is 1. The summed E-state index contributed by atoms with van der Waals surface area (Å²) >= 11 is 5.89. The largest absolute Gasteiger partial charge is 0.357 e. The molecular formula is C12H10ClN5. The molecule has 0 fully saturated rings. The number of aromatic nitrogens is 4. The molecule has 0 unspecified atom stereocenters. The second-order valence-electron chi connectivity index (χ2n) is 3.78. The maximum atomic E-state index is 5.89. The smallest absolute Gasteiger partial charge is 0.225 e. The molecule has 0 saturated carbocycles. The predicted octanol–water partition coefficient (Wildman–Crippen LogP) is 2.71. The van der Waals surface area contributed by atoms with Gasteiger partial charge in [-0.2, -0.15) is 10.1 Å². The molecule has 2 heterocycles. The van der Waals surface area contributed by atoms with Crippen LogP contribution in [-0.2, 0) is 0 Å². The molecule has 0 spiro atoms. The maximum absolute atomic E-state index is 5.89. The van der Waals surface area contributed by atoms with E-state index in [-0.39, 0.29) is 0 Å². The van der Waals surface area contributed by atoms with Crippen LogP contribution < -0.4 is 5.32 Å². The van der Waals surface area contributed by atoms with Gasteiger partial charge in [-0.3, -0.25) is 5.10 Å². The molecule has 3 aromatic rings. The molecule has 2 aromatic heterocycles. The molecule has 0 atom stereocenters. The van der Waals surface area contributed by atoms with E-state index in [4.69, 9.17) is 11.6 Å². The number of rotatable bonds is 2. The molecule has 18 heavy (non-hydrogen) atoms. The number of halogens is 1. The van der Waals surface area contributed by atoms with Gasteiger partial charge in [0.1, 0.15) is 0 Å². The zero-order valence-corrected chi connectivity index (χ0v) is 10.4. The van der Waals surface area contributed by atoms with E-state index in [1.165, 1.54) is 0 Å². The summed E-state index contributed by atoms with van der Waals surface area (Å²) < 4.78 is 0. The van der Waals surface area contributed by atoms with Crippen LogP contribution in [0, 0.1) is 0 Å². The van der Waals surface area contributed by atoms with Crippen molar-refractivity contribution in [1.29, 1.82) is 0 Å². The second-order valence-corrected chi connectivity index (χ2v) is 4.22. The fourth-order valence-corrected chi connectivity index (χ4v) is 1.90. The first-order valence-electron chi connectivity index (χ1n) is 5.43. The average molecular weight is 260 g/mol. The van der Waals surface area contributed by atoms with Gasteiger partial charge in [-0.25, -0.2) is 4.98 Å². The lowest BCUT2D eigenvalue weighted by molar-refractivity contribution is 1.09. The highest BCUT2D eigenvalue weighted by Crippen LogP contribution is 2.26. The van der Waals surface area contributed by atoms with Crippen LogP contribution in [0.15, 0.2) is 30.5 Å². The first kappa shape index (κ1) is 11.0. The molecular weight excluding hydrogens is 250 g/mol. The lowest BCUT2D eigenvalue weighted by Crippen LogP contribution is -1.98. The lowest BCUT2D eigenvalue weighted by Gasteiger charge is -2.05. The van der Waals surface area contributed by atoms with Gasteiger partial charge in [0.05, 0.1) is 17.3 Å². The molecule has 0 aliphatic rings. The Bertz CT molecular complexity index is 689. The third kappa shape index (κ3) is 1.78. The van der Waals surface area contributed by atoms with Crippen LogP contribution in [0.5, 0.6) is 0 Å². The van der Waals surface area contributed by atoms with Crippen LogP contribution in [0.4, 0.5) is 5.95 Å². The first-order chi connectivity index (χ1) is 8.78. The van der Waals surface area contributed by atoms with E-state index in [1.807, 2.05) is 24.3 Å². The molecule has 0 saturated heterocycles. The Morgan fingerprint density at radius 2 is 1.94 bits per heavy atom. The zero-order chi connectivity index (χ0) is 12.5. The number of hydrogen-bond acceptors (Lipinski definition) is 4. The van der Waals surface area contributed by atoms with E-state index in [1.54, 1.807) is 13.2 Å². The third-order valence-electron chi connectivity index (χ3n) is 2.65. The first-order valence-corrected chi connectivity index (χ1v) is 5.80. The van der Waals surface area contributed by atoms with Gasteiger partial charge < -0.3 is 5.32 Å². The minimum Gasteiger partial charge on any atom is -0.357 e. The minimum absolute atomic E-state index is 0.552. The number of benzene rings is 1. The van der Waals surface area contributed by atoms with E-state index < -0.39 is 0 Å². The molecule has 1 aromatic carbocycles. The van der Waals surface area contributed by atoms with Gasteiger partial charge in [0.15, 0.2) is 5.65 Å². The molecule has 0 bridgehead atoms. The number of hydrogen-bond donors (Lipinski definition) is 2. The van der Waals surface area contributed by atoms with Crippen molar-refractivity contribution in [2.24, 2.45) is 0 Å². The van der Waals surface area contributed by atoms with Crippen LogP contribution in [0.25, 0.3) is 22.3 Å². The molecule has 0 amide bonds. The van der Waals surface area contributed by atoms with E-state index in [0.717, 1.165) is 16.6 Å². The SMILES string of the molecule is CNc1nc(-c2ccc(Cl)cc2)c2cn[nH]c2n1. The van der Waals surface area contributed by atoms with E-state index >= 15 is 0 Å². The van der Waals surface area contributed by atoms with Crippen LogP contribution in [0.3, 0.4) is 0 Å². The summed E-state index contributed by atoms with van der Waals surface area (Å²) in [6, 6.07) is 7.53. The van der Waals surface area contributed by atoms with Crippen LogP contribution in [0.2, 0.25) is 5.02 Å². The molecule has 6 heteroatoms. The maximum Gasteiger partial charge on any atom is 0.225 e. The summed E-state index contributed by atoms with van der Waals surface area (Å²) in [5.74, 6) is 0.552. The average Bonchev–Trinajstić information content (AvgIpc) is 2.86. The highest BCUT2D eigenvalue weighted by Gasteiger charge is 2.10. The topological polar surface area (TPSA) is 66.5 Å². The minimum atomic E-state index is 0.552. The molecule has 3 rings (SSSR count). The van der Waals surface area contributed by atoms with Crippen LogP contribution in [0.1, 0.15) is 0 Å². The predicted molar refractivity (Wildman–Crippen MR) is 71.7 cm³/mol. The number of H-pyrrole nitrogens is 1. The van der Waals surface area contributed by atoms with Gasteiger partial charge >= 0.3 is 0 Å². The zero-order valence-electron chi connectivity index (χ0n) is 9.61. The summed E-state index contributed by atoms with van der Waals surface area (Å²) in [4.78, 5) is 8.76. The summed E-state index contributed by atoms with van der Waals surface area (Å²) in [5, 5.41) is 11.4. The van der Waals surface area contributed by atoms with Crippen molar-refractivity contribution in [3.05, 3.63) is 35.5 Å². The molecule has 90 valence electrons. The fraction of sp³-hybridized carbons (Fsp3) is 0.0833. The second kappa shape index (κ2) is 4.27. The Morgan fingerprint density at radius 1 is 1.17 bits per heavy atom. The summed E-state index contributed by atoms with van der Waals surface area (Å²) in [6.07, 6.45) is 1.72. The van der Waals surface area contributed by atoms with E-state index in [0.29, 0.717) is 16.6 Å². The molecule has 0 aliphatic heterocycles. The van der Waals surface area contributed by atoms with E-state index in [9.17, 15) is 0 Å². The van der Waals surface area contributed by atoms with Crippen molar-refractivity contribution in [3.63, 3.8) is 0 Å². The van der Waals surface area contributed by atoms with Crippen molar-refractivity contribution < 1.29 is 0 Å². The van der Waals surface area contributed by atoms with Crippen molar-refractivity contribution in [2.75, 3.05) is 12.4 Å². The van der Waals surface area contributed by atoms with Gasteiger partial charge in [0.25, 0.3) is 0 Å². The summed E-state index contributed by atoms with van der Waals surface area (Å²) in [6.45, 7) is 0. The quantitative estimate of drug-likeness (QED) is 0.743. The third-order valence-corrected chi connectivity index (χ3v) is 2.90. The normalized spacial score (nSPS) is 10.8. The van der Waals surface area contributed by atoms with E-state index in [2.05, 4.69) is 25.5 Å². The van der Waals surface area contributed by atoms with Gasteiger partial charge in [-0.1, -0.05) is 23.7 Å². The van der Waals surface area contributed by atoms with Crippen molar-refractivity contribution >= 4 is 28.6 Å². The summed E-state index contributed by atoms with van der Waals surface area (Å²) in [7, 11) is 1.78. The number of fused-ring (bicyclic) bond motifs is 1. The number of anilines is 1. The number of nitrogens with one attached hydrogen (secondary N) is 2. The highest BCUT2D eigenvalue weighted by atomic mass is 35.5. The highest BCUT2D eigenvalue weighted by molar-refractivity contribution is 6.30. The Morgan fingerprint density at radius 3 is 2.67 bits per heavy atom. The van der Waals surface area contributed by atoms with Crippen LogP contribution in [-0.4, -0.2) is 27.2 Å². The van der Waals surface area contributed by atoms with Gasteiger partial charge in [0.2, 0.25) is 5.95 Å². The van der Waals surface area contributed by atoms with Gasteiger partial charge in [0, 0.05) is 17.6 Å². The Labute approximate surface area is 108 Å². The van der Waals surface area contributed by atoms with Crippen molar-refractivity contribution in [3.8, 4) is 11.3 Å². The Kier molecular flexibility index (Phi) is 2.60. The van der Waals surface area contributed by atoms with Gasteiger partial charge in [-0.15, -0.1) is 0 Å². The number of nitrogens with zero attached hydrogens (tertiary/aromatic N) is 3. The Hall–Kier alpha value is -2.14. The lowest BCUT2D eigenvalue weighted by atomic mass is 10.1. The van der Waals surface area contributed by atoms with Crippen molar-refractivity contribution in [2.45, 2.75) is 0 Å². The van der Waals surface area contributed by atoms with Gasteiger partial charge in [-0.05, 0) is 12.1 Å². The molecule has 5 nitrogen and oxygen atoms in total. The fourth-order valence-electron chi connectivity index (χ4n) is 1.77. The molecule has 2 N–H and O–H groups in total. The molecule has 0 radical (unpaired) electrons. The standard InChI is InChI=1S/C12H10ClN5/c1-14-12-16-10(7-2-4-8(13)5-3-7)9-6-15-18-11(9)17-12/h2-6H,1H3,(H2,14,15,16,17,18). The molecule has 0 aliphatic carbocycles. The van der Waals surface area contributed by atoms with Crippen LogP contribution >= 0.6 is 11.6 Å². The monoisotopic (exact) mass is 259 g/mol. The van der Waals surface area contributed by atoms with Crippen molar-refractivity contribution in [1.82, 2.24) is 20.2 Å². The Balaban J connectivity index is 2.26.